The summed E-state index contributed by atoms with van der Waals surface area (Å²) in [5.74, 6) is 4.11. The van der Waals surface area contributed by atoms with Crippen LogP contribution in [0.5, 0.6) is 11.5 Å². The van der Waals surface area contributed by atoms with Crippen LogP contribution in [0.15, 0.2) is 170 Å². The van der Waals surface area contributed by atoms with Crippen molar-refractivity contribution in [3.8, 4) is 50.9 Å². The van der Waals surface area contributed by atoms with Crippen molar-refractivity contribution in [3.05, 3.63) is 199 Å². The number of rotatable bonds is 8. The number of benzene rings is 7. The molecule has 0 unspecified atom stereocenters. The van der Waals surface area contributed by atoms with Gasteiger partial charge < -0.3 is 13.9 Å². The van der Waals surface area contributed by atoms with Crippen LogP contribution in [0.3, 0.4) is 0 Å². The van der Waals surface area contributed by atoms with Gasteiger partial charge in [-0.2, -0.15) is 18.2 Å². The van der Waals surface area contributed by atoms with Crippen LogP contribution in [-0.2, 0) is 31.9 Å². The molecule has 0 spiro atoms. The van der Waals surface area contributed by atoms with Crippen molar-refractivity contribution < 1.29 is 44.1 Å². The molecule has 4 aliphatic carbocycles. The first kappa shape index (κ1) is 33.0. The van der Waals surface area contributed by atoms with E-state index in [0.29, 0.717) is 28.2 Å². The van der Waals surface area contributed by atoms with Crippen molar-refractivity contribution in [2.45, 2.75) is 70.1 Å². The summed E-state index contributed by atoms with van der Waals surface area (Å²) in [4.78, 5) is 4.97. The fourth-order valence-electron chi connectivity index (χ4n) is 12.1. The van der Waals surface area contributed by atoms with E-state index >= 15 is 0 Å². The van der Waals surface area contributed by atoms with Gasteiger partial charge in [0.2, 0.25) is 0 Å². The summed E-state index contributed by atoms with van der Waals surface area (Å²) < 4.78 is 99.7. The second kappa shape index (κ2) is 16.6. The van der Waals surface area contributed by atoms with E-state index in [0.717, 1.165) is 40.0 Å². The molecule has 3 heterocycles. The number of ether oxygens (including phenoxy) is 1. The van der Waals surface area contributed by atoms with Gasteiger partial charge in [0.25, 0.3) is 6.33 Å². The minimum atomic E-state index is -0.565. The molecule has 7 aromatic carbocycles. The van der Waals surface area contributed by atoms with Crippen molar-refractivity contribution in [1.29, 1.82) is 0 Å². The van der Waals surface area contributed by atoms with E-state index in [4.69, 9.17) is 23.4 Å². The average Bonchev–Trinajstić information content (AvgIpc) is 4.09. The Morgan fingerprint density at radius 2 is 1.34 bits per heavy atom. The molecule has 0 radical (unpaired) electrons. The van der Waals surface area contributed by atoms with E-state index in [2.05, 4.69) is 80.2 Å². The molecule has 0 amide bonds. The minimum absolute atomic E-state index is 0. The first-order valence-electron chi connectivity index (χ1n) is 28.3. The van der Waals surface area contributed by atoms with Gasteiger partial charge in [-0.1, -0.05) is 141 Å². The maximum atomic E-state index is 9.06. The Labute approximate surface area is 427 Å². The van der Waals surface area contributed by atoms with Gasteiger partial charge in [0.1, 0.15) is 5.82 Å². The van der Waals surface area contributed by atoms with Crippen LogP contribution in [0.1, 0.15) is 84.1 Å². The summed E-state index contributed by atoms with van der Waals surface area (Å²) in [7, 11) is 0. The van der Waals surface area contributed by atoms with E-state index in [1.165, 1.54) is 55.0 Å². The number of pyridine rings is 1. The van der Waals surface area contributed by atoms with Crippen molar-refractivity contribution in [3.63, 3.8) is 0 Å². The van der Waals surface area contributed by atoms with E-state index < -0.39 is 60.4 Å². The van der Waals surface area contributed by atoms with Gasteiger partial charge >= 0.3 is 0 Å². The van der Waals surface area contributed by atoms with Gasteiger partial charge in [-0.25, -0.2) is 4.98 Å². The Morgan fingerprint density at radius 3 is 2.03 bits per heavy atom. The van der Waals surface area contributed by atoms with Crippen LogP contribution in [0.25, 0.3) is 72.3 Å². The van der Waals surface area contributed by atoms with Crippen LogP contribution in [0.4, 0.5) is 0 Å². The summed E-state index contributed by atoms with van der Waals surface area (Å²) in [6.07, 6.45) is 13.3. The number of fused-ring (bicyclic) bond motifs is 4. The molecule has 0 atom stereocenters. The molecule has 0 saturated heterocycles. The average molecular weight is 1070 g/mol. The normalized spacial score (nSPS) is 21.8. The summed E-state index contributed by atoms with van der Waals surface area (Å²) >= 11 is 0. The molecule has 4 fully saturated rings. The molecule has 10 aromatic rings. The van der Waals surface area contributed by atoms with Crippen LogP contribution in [0, 0.1) is 36.2 Å². The van der Waals surface area contributed by atoms with Crippen molar-refractivity contribution in [1.82, 2.24) is 14.1 Å². The molecule has 6 heteroatoms. The van der Waals surface area contributed by atoms with Gasteiger partial charge in [-0.3, -0.25) is 4.57 Å². The van der Waals surface area contributed by atoms with E-state index in [1.54, 1.807) is 27.3 Å². The molecule has 4 bridgehead atoms. The summed E-state index contributed by atoms with van der Waals surface area (Å²) in [5, 5.41) is 2.23. The number of nitrogens with zero attached hydrogens (tertiary/aromatic N) is 4. The third-order valence-electron chi connectivity index (χ3n) is 14.7. The van der Waals surface area contributed by atoms with Gasteiger partial charge in [0.05, 0.1) is 30.4 Å². The SMILES string of the molecule is [2H]c1c([2H])c([2H])c(-c2cccc(-c3c([2H])c([2H])c([2H])c([2H])c3[2H])c2-[n+]2[c-]n(-c3[c-]c(Oc4[c-]c5c(cc4)c4cc(C67CC8CC(CC(C8)C6)C7)ccc4n5-c4cc(C(C)(C)C)ccn4)ccc3)c3ccccc32)c([2H])c1[2H].[Pt]. The zero-order chi connectivity index (χ0) is 53.6. The van der Waals surface area contributed by atoms with Crippen LogP contribution in [-0.4, -0.2) is 14.1 Å². The van der Waals surface area contributed by atoms with Crippen molar-refractivity contribution in [2.75, 3.05) is 0 Å². The maximum absolute atomic E-state index is 9.06. The van der Waals surface area contributed by atoms with Gasteiger partial charge in [0.15, 0.2) is 0 Å². The molecule has 0 N–H and O–H groups in total. The standard InChI is InChI=1S/C62H52N4O.Pt/c1-61(2,3)46-28-29-63-59(34-46)66-55-27-24-47(62-37-41-30-42(38-62)32-43(31-41)39-62)33-54(55)53-26-25-50(36-58(53)66)67-49-19-12-18-48(35-49)64-40-65(57-23-11-10-22-56(57)64)60-51(44-14-6-4-7-15-44)20-13-21-52(60)45-16-8-5-9-17-45;/h4-29,33-34,41-43H,30-32,37-39H2,1-3H3;/q-2;/i4D,5D,6D,7D,8D,9D,14D,15D,16D,17D;. The van der Waals surface area contributed by atoms with E-state index in [9.17, 15) is 0 Å². The number of hydrogen-bond acceptors (Lipinski definition) is 2. The molecule has 4 aliphatic rings. The van der Waals surface area contributed by atoms with Gasteiger partial charge in [-0.15, -0.1) is 29.7 Å². The number of aromatic nitrogens is 4. The summed E-state index contributed by atoms with van der Waals surface area (Å²) in [5.41, 5.74) is 6.53. The largest absolute Gasteiger partial charge is 0.510 e. The molecule has 0 aliphatic heterocycles. The first-order chi connectivity index (χ1) is 36.9. The van der Waals surface area contributed by atoms with Crippen LogP contribution < -0.4 is 9.30 Å². The van der Waals surface area contributed by atoms with E-state index in [1.807, 2.05) is 54.7 Å². The Morgan fingerprint density at radius 1 is 0.676 bits per heavy atom. The molecule has 3 aromatic heterocycles. The third kappa shape index (κ3) is 7.24. The van der Waals surface area contributed by atoms with Crippen molar-refractivity contribution >= 4 is 32.8 Å². The second-order valence-corrected chi connectivity index (χ2v) is 20.0. The number of imidazole rings is 1. The molecule has 68 heavy (non-hydrogen) atoms. The summed E-state index contributed by atoms with van der Waals surface area (Å²) in [6, 6.07) is 35.0. The maximum Gasteiger partial charge on any atom is 0.268 e. The predicted molar refractivity (Wildman–Crippen MR) is 269 cm³/mol. The topological polar surface area (TPSA) is 35.9 Å². The third-order valence-corrected chi connectivity index (χ3v) is 14.7. The quantitative estimate of drug-likeness (QED) is 0.112. The minimum Gasteiger partial charge on any atom is -0.510 e. The molecule has 5 nitrogen and oxygen atoms in total. The Hall–Kier alpha value is -6.55. The predicted octanol–water partition coefficient (Wildman–Crippen LogP) is 14.7. The van der Waals surface area contributed by atoms with Crippen LogP contribution >= 0.6 is 0 Å². The molecule has 4 saturated carbocycles. The van der Waals surface area contributed by atoms with Gasteiger partial charge in [0, 0.05) is 44.3 Å². The number of para-hydroxylation sites is 3. The zero-order valence-electron chi connectivity index (χ0n) is 47.9. The van der Waals surface area contributed by atoms with Gasteiger partial charge in [-0.05, 0) is 130 Å². The molecule has 338 valence electrons. The number of hydrogen-bond donors (Lipinski definition) is 0. The fourth-order valence-corrected chi connectivity index (χ4v) is 12.1. The smallest absolute Gasteiger partial charge is 0.268 e. The molecular weight excluding hydrogens is 1010 g/mol. The Bertz CT molecular complexity index is 3960. The van der Waals surface area contributed by atoms with Crippen LogP contribution in [0.2, 0.25) is 0 Å². The fraction of sp³-hybridized carbons (Fsp3) is 0.226. The van der Waals surface area contributed by atoms with Crippen molar-refractivity contribution in [2.24, 2.45) is 17.8 Å². The second-order valence-electron chi connectivity index (χ2n) is 20.0. The first-order valence-corrected chi connectivity index (χ1v) is 23.3. The monoisotopic (exact) mass is 1070 g/mol. The zero-order valence-corrected chi connectivity index (χ0v) is 40.2. The molecular formula is C62H52N4OPt-2. The van der Waals surface area contributed by atoms with E-state index in [-0.39, 0.29) is 59.8 Å². The Kier molecular flexibility index (Phi) is 8.06. The summed E-state index contributed by atoms with van der Waals surface area (Å²) in [6.45, 7) is 6.62. The molecule has 14 rings (SSSR count). The Balaban J connectivity index is 0.00000609.